The molecule has 0 N–H and O–H groups in total. The molecule has 2 heteroatoms. The number of aryl methyl sites for hydroxylation is 1. The van der Waals surface area contributed by atoms with Gasteiger partial charge >= 0.3 is 0 Å². The Morgan fingerprint density at radius 1 is 0.452 bits per heavy atom. The Kier molecular flexibility index (Phi) is 3.23. The number of rotatable bonds is 1. The topological polar surface area (TPSA) is 9.86 Å². The fourth-order valence-electron chi connectivity index (χ4n) is 5.21. The summed E-state index contributed by atoms with van der Waals surface area (Å²) in [6.45, 7) is 0. The molecular formula is C29H20N2. The van der Waals surface area contributed by atoms with Crippen molar-refractivity contribution in [2.45, 2.75) is 0 Å². The van der Waals surface area contributed by atoms with Crippen LogP contribution in [-0.4, -0.2) is 9.13 Å². The lowest BCUT2D eigenvalue weighted by Crippen LogP contribution is -1.94. The van der Waals surface area contributed by atoms with Crippen molar-refractivity contribution in [2.24, 2.45) is 7.05 Å². The van der Waals surface area contributed by atoms with Crippen molar-refractivity contribution >= 4 is 54.4 Å². The highest BCUT2D eigenvalue weighted by atomic mass is 15.0. The number of fused-ring (bicyclic) bond motifs is 7. The number of benzene rings is 5. The van der Waals surface area contributed by atoms with Crippen LogP contribution in [0.25, 0.3) is 60.1 Å². The van der Waals surface area contributed by atoms with E-state index in [1.54, 1.807) is 0 Å². The molecule has 2 heterocycles. The molecule has 7 aromatic rings. The maximum atomic E-state index is 2.41. The molecule has 0 saturated heterocycles. The second kappa shape index (κ2) is 5.99. The molecule has 0 bridgehead atoms. The molecule has 0 fully saturated rings. The average Bonchev–Trinajstić information content (AvgIpc) is 3.30. The maximum absolute atomic E-state index is 2.41. The molecule has 5 aromatic carbocycles. The molecule has 0 amide bonds. The van der Waals surface area contributed by atoms with Gasteiger partial charge < -0.3 is 9.13 Å². The minimum absolute atomic E-state index is 1.20. The van der Waals surface area contributed by atoms with Crippen LogP contribution in [0.2, 0.25) is 0 Å². The Bertz CT molecular complexity index is 1800. The Balaban J connectivity index is 1.67. The summed E-state index contributed by atoms with van der Waals surface area (Å²) in [4.78, 5) is 0. The van der Waals surface area contributed by atoms with E-state index in [9.17, 15) is 0 Å². The standard InChI is InChI=1S/C29H20N2/c1-30-26-12-6-4-10-22(26)24-17-25-23-11-5-7-13-27(23)31(29(25)18-28(24)30)21-15-14-19-8-2-3-9-20(19)16-21/h2-18H,1H3. The molecule has 2 aromatic heterocycles. The van der Waals surface area contributed by atoms with Gasteiger partial charge in [0, 0.05) is 39.8 Å². The predicted octanol–water partition coefficient (Wildman–Crippen LogP) is 7.58. The van der Waals surface area contributed by atoms with Gasteiger partial charge in [0.1, 0.15) is 0 Å². The largest absolute Gasteiger partial charge is 0.344 e. The van der Waals surface area contributed by atoms with Gasteiger partial charge in [-0.2, -0.15) is 0 Å². The number of aromatic nitrogens is 2. The van der Waals surface area contributed by atoms with E-state index in [1.165, 1.54) is 60.1 Å². The lowest BCUT2D eigenvalue weighted by atomic mass is 10.1. The molecule has 0 saturated carbocycles. The molecule has 0 aliphatic heterocycles. The molecule has 0 aliphatic carbocycles. The molecule has 0 spiro atoms. The van der Waals surface area contributed by atoms with Crippen LogP contribution in [-0.2, 0) is 7.05 Å². The summed E-state index contributed by atoms with van der Waals surface area (Å²) in [6.07, 6.45) is 0. The molecule has 146 valence electrons. The van der Waals surface area contributed by atoms with E-state index >= 15 is 0 Å². The van der Waals surface area contributed by atoms with E-state index in [1.807, 2.05) is 0 Å². The van der Waals surface area contributed by atoms with Crippen LogP contribution in [0.1, 0.15) is 0 Å². The van der Waals surface area contributed by atoms with Crippen molar-refractivity contribution in [1.82, 2.24) is 9.13 Å². The normalized spacial score (nSPS) is 12.0. The average molecular weight is 396 g/mol. The van der Waals surface area contributed by atoms with Crippen LogP contribution in [0.4, 0.5) is 0 Å². The fourth-order valence-corrected chi connectivity index (χ4v) is 5.21. The first-order valence-corrected chi connectivity index (χ1v) is 10.7. The number of nitrogens with zero attached hydrogens (tertiary/aromatic N) is 2. The van der Waals surface area contributed by atoms with Gasteiger partial charge in [0.15, 0.2) is 0 Å². The summed E-state index contributed by atoms with van der Waals surface area (Å²) in [7, 11) is 2.17. The number of hydrogen-bond donors (Lipinski definition) is 0. The minimum atomic E-state index is 1.20. The van der Waals surface area contributed by atoms with E-state index < -0.39 is 0 Å². The third-order valence-electron chi connectivity index (χ3n) is 6.70. The van der Waals surface area contributed by atoms with Crippen molar-refractivity contribution < 1.29 is 0 Å². The third kappa shape index (κ3) is 2.22. The van der Waals surface area contributed by atoms with Gasteiger partial charge in [0.05, 0.1) is 16.6 Å². The highest BCUT2D eigenvalue weighted by Gasteiger charge is 2.16. The highest BCUT2D eigenvalue weighted by Crippen LogP contribution is 2.38. The van der Waals surface area contributed by atoms with Gasteiger partial charge in [-0.3, -0.25) is 0 Å². The van der Waals surface area contributed by atoms with E-state index in [0.29, 0.717) is 0 Å². The zero-order valence-electron chi connectivity index (χ0n) is 17.2. The van der Waals surface area contributed by atoms with Gasteiger partial charge in [0.2, 0.25) is 0 Å². The summed E-state index contributed by atoms with van der Waals surface area (Å²) < 4.78 is 4.72. The lowest BCUT2D eigenvalue weighted by Gasteiger charge is -2.10. The third-order valence-corrected chi connectivity index (χ3v) is 6.70. The smallest absolute Gasteiger partial charge is 0.0562 e. The van der Waals surface area contributed by atoms with Crippen LogP contribution in [0.3, 0.4) is 0 Å². The van der Waals surface area contributed by atoms with Crippen molar-refractivity contribution in [3.8, 4) is 5.69 Å². The molecule has 31 heavy (non-hydrogen) atoms. The van der Waals surface area contributed by atoms with Crippen LogP contribution >= 0.6 is 0 Å². The van der Waals surface area contributed by atoms with Crippen molar-refractivity contribution in [3.63, 3.8) is 0 Å². The maximum Gasteiger partial charge on any atom is 0.0562 e. The van der Waals surface area contributed by atoms with Crippen molar-refractivity contribution in [3.05, 3.63) is 103 Å². The van der Waals surface area contributed by atoms with Crippen LogP contribution in [0, 0.1) is 0 Å². The van der Waals surface area contributed by atoms with Crippen LogP contribution < -0.4 is 0 Å². The van der Waals surface area contributed by atoms with Crippen molar-refractivity contribution in [2.75, 3.05) is 0 Å². The van der Waals surface area contributed by atoms with Crippen molar-refractivity contribution in [1.29, 1.82) is 0 Å². The number of hydrogen-bond acceptors (Lipinski definition) is 0. The highest BCUT2D eigenvalue weighted by molar-refractivity contribution is 6.18. The van der Waals surface area contributed by atoms with Crippen LogP contribution in [0.15, 0.2) is 103 Å². The summed E-state index contributed by atoms with van der Waals surface area (Å²) in [6, 6.07) is 37.5. The Labute approximate surface area is 179 Å². The molecule has 2 nitrogen and oxygen atoms in total. The Morgan fingerprint density at radius 3 is 1.94 bits per heavy atom. The second-order valence-corrected chi connectivity index (χ2v) is 8.35. The first kappa shape index (κ1) is 16.7. The molecule has 0 aliphatic rings. The monoisotopic (exact) mass is 396 g/mol. The minimum Gasteiger partial charge on any atom is -0.344 e. The SMILES string of the molecule is Cn1c2ccccc2c2cc3c4ccccc4n(-c4ccc5ccccc5c4)c3cc21. The Morgan fingerprint density at radius 2 is 1.10 bits per heavy atom. The van der Waals surface area contributed by atoms with E-state index in [0.717, 1.165) is 0 Å². The quantitative estimate of drug-likeness (QED) is 0.271. The zero-order valence-corrected chi connectivity index (χ0v) is 17.2. The second-order valence-electron chi connectivity index (χ2n) is 8.35. The predicted molar refractivity (Wildman–Crippen MR) is 132 cm³/mol. The summed E-state index contributed by atoms with van der Waals surface area (Å²) in [5, 5.41) is 7.74. The van der Waals surface area contributed by atoms with Gasteiger partial charge in [-0.25, -0.2) is 0 Å². The molecular weight excluding hydrogens is 376 g/mol. The molecule has 0 radical (unpaired) electrons. The van der Waals surface area contributed by atoms with Gasteiger partial charge in [0.25, 0.3) is 0 Å². The van der Waals surface area contributed by atoms with Gasteiger partial charge in [-0.15, -0.1) is 0 Å². The Hall–Kier alpha value is -4.04. The molecule has 0 atom stereocenters. The first-order valence-electron chi connectivity index (χ1n) is 10.7. The summed E-state index contributed by atoms with van der Waals surface area (Å²) >= 11 is 0. The molecule has 0 unspecified atom stereocenters. The van der Waals surface area contributed by atoms with E-state index in [-0.39, 0.29) is 0 Å². The number of para-hydroxylation sites is 2. The van der Waals surface area contributed by atoms with Crippen LogP contribution in [0.5, 0.6) is 0 Å². The van der Waals surface area contributed by atoms with E-state index in [4.69, 9.17) is 0 Å². The first-order chi connectivity index (χ1) is 15.3. The summed E-state index contributed by atoms with van der Waals surface area (Å²) in [5.74, 6) is 0. The summed E-state index contributed by atoms with van der Waals surface area (Å²) in [5.41, 5.74) is 6.22. The molecule has 7 rings (SSSR count). The van der Waals surface area contributed by atoms with Gasteiger partial charge in [-0.05, 0) is 47.2 Å². The van der Waals surface area contributed by atoms with Gasteiger partial charge in [-0.1, -0.05) is 66.7 Å². The fraction of sp³-hybridized carbons (Fsp3) is 0.0345. The zero-order chi connectivity index (χ0) is 20.5. The lowest BCUT2D eigenvalue weighted by molar-refractivity contribution is 1.01. The van der Waals surface area contributed by atoms with E-state index in [2.05, 4.69) is 119 Å².